The number of pyridine rings is 1. The molecule has 3 heterocycles. The zero-order chi connectivity index (χ0) is 26.1. The maximum Gasteiger partial charge on any atom is 2.00 e. The number of fused-ring (bicyclic) bond motifs is 6. The fraction of sp³-hybridized carbons (Fsp3) is 0.143. The number of benzene rings is 4. The van der Waals surface area contributed by atoms with Gasteiger partial charge in [0.25, 0.3) is 0 Å². The minimum absolute atomic E-state index is 0. The second-order valence-electron chi connectivity index (χ2n) is 10.6. The molecule has 0 fully saturated rings. The predicted octanol–water partition coefficient (Wildman–Crippen LogP) is 7.50. The molecule has 5 heteroatoms. The number of hydrogen-bond acceptors (Lipinski definition) is 3. The second kappa shape index (κ2) is 9.57. The van der Waals surface area contributed by atoms with Crippen LogP contribution >= 0.6 is 0 Å². The van der Waals surface area contributed by atoms with E-state index < -0.39 is 0 Å². The molecule has 0 bridgehead atoms. The average Bonchev–Trinajstić information content (AvgIpc) is 3.62. The first-order chi connectivity index (χ1) is 19.1. The van der Waals surface area contributed by atoms with Crippen molar-refractivity contribution in [3.05, 3.63) is 131 Å². The van der Waals surface area contributed by atoms with Gasteiger partial charge >= 0.3 is 21.1 Å². The Morgan fingerprint density at radius 2 is 1.68 bits per heavy atom. The summed E-state index contributed by atoms with van der Waals surface area (Å²) in [7, 11) is 0. The van der Waals surface area contributed by atoms with Gasteiger partial charge in [-0.25, -0.2) is 0 Å². The van der Waals surface area contributed by atoms with Crippen LogP contribution in [0.15, 0.2) is 96.1 Å². The minimum atomic E-state index is -0.0143. The minimum Gasteiger partial charge on any atom is -0.510 e. The molecule has 40 heavy (non-hydrogen) atoms. The van der Waals surface area contributed by atoms with Gasteiger partial charge in [-0.05, 0) is 58.9 Å². The molecule has 0 N–H and O–H groups in total. The monoisotopic (exact) mass is 698 g/mol. The SMILES string of the molecule is Cc1cc(C2=N[C@@H]3Cc4ccccc4[C@@H]3O2)[c-]c(-n2c3[c-]c(-c4cc(C)ccn4)ccc3c3ccccc32)c1.[Pt+2]. The summed E-state index contributed by atoms with van der Waals surface area (Å²) >= 11 is 0. The molecule has 4 nitrogen and oxygen atoms in total. The Kier molecular flexibility index (Phi) is 5.98. The second-order valence-corrected chi connectivity index (χ2v) is 10.6. The van der Waals surface area contributed by atoms with Crippen molar-refractivity contribution < 1.29 is 25.8 Å². The van der Waals surface area contributed by atoms with Crippen molar-refractivity contribution in [2.24, 2.45) is 4.99 Å². The number of aryl methyl sites for hydroxylation is 2. The number of aromatic nitrogens is 2. The van der Waals surface area contributed by atoms with E-state index >= 15 is 0 Å². The van der Waals surface area contributed by atoms with Gasteiger partial charge in [0.15, 0.2) is 0 Å². The van der Waals surface area contributed by atoms with Crippen molar-refractivity contribution in [2.75, 3.05) is 0 Å². The molecule has 8 rings (SSSR count). The zero-order valence-electron chi connectivity index (χ0n) is 22.1. The number of para-hydroxylation sites is 1. The predicted molar refractivity (Wildman–Crippen MR) is 155 cm³/mol. The van der Waals surface area contributed by atoms with Gasteiger partial charge in [0.1, 0.15) is 12.0 Å². The van der Waals surface area contributed by atoms with Crippen LogP contribution in [0.2, 0.25) is 0 Å². The first kappa shape index (κ1) is 25.0. The van der Waals surface area contributed by atoms with E-state index in [-0.39, 0.29) is 33.2 Å². The average molecular weight is 699 g/mol. The number of ether oxygens (including phenoxy) is 1. The third kappa shape index (κ3) is 3.93. The molecular formula is C35H25N3OPt. The summed E-state index contributed by atoms with van der Waals surface area (Å²) in [5.74, 6) is 0.679. The van der Waals surface area contributed by atoms with Gasteiger partial charge in [0, 0.05) is 11.7 Å². The third-order valence-corrected chi connectivity index (χ3v) is 7.91. The molecule has 0 unspecified atom stereocenters. The van der Waals surface area contributed by atoms with Gasteiger partial charge in [-0.3, -0.25) is 4.99 Å². The number of rotatable bonds is 3. The van der Waals surface area contributed by atoms with E-state index in [1.807, 2.05) is 12.3 Å². The molecule has 4 aromatic carbocycles. The molecule has 0 saturated heterocycles. The topological polar surface area (TPSA) is 39.4 Å². The van der Waals surface area contributed by atoms with E-state index in [1.165, 1.54) is 22.1 Å². The van der Waals surface area contributed by atoms with Crippen LogP contribution in [-0.4, -0.2) is 21.5 Å². The van der Waals surface area contributed by atoms with Crippen LogP contribution in [0.25, 0.3) is 38.8 Å². The molecule has 0 spiro atoms. The summed E-state index contributed by atoms with van der Waals surface area (Å²) in [6.07, 6.45) is 2.76. The molecule has 196 valence electrons. The van der Waals surface area contributed by atoms with E-state index in [2.05, 4.69) is 114 Å². The molecular weight excluding hydrogens is 673 g/mol. The smallest absolute Gasteiger partial charge is 0.510 e. The molecule has 0 radical (unpaired) electrons. The Hall–Kier alpha value is -4.01. The van der Waals surface area contributed by atoms with E-state index in [0.29, 0.717) is 5.90 Å². The largest absolute Gasteiger partial charge is 2.00 e. The molecule has 2 atom stereocenters. The first-order valence-corrected chi connectivity index (χ1v) is 13.4. The summed E-state index contributed by atoms with van der Waals surface area (Å²) in [6, 6.07) is 37.2. The summed E-state index contributed by atoms with van der Waals surface area (Å²) in [5.41, 5.74) is 10.7. The summed E-state index contributed by atoms with van der Waals surface area (Å²) in [4.78, 5) is 9.64. The van der Waals surface area contributed by atoms with Crippen molar-refractivity contribution in [2.45, 2.75) is 32.4 Å². The number of nitrogens with zero attached hydrogens (tertiary/aromatic N) is 3. The molecule has 1 aliphatic carbocycles. The maximum atomic E-state index is 6.48. The fourth-order valence-corrected chi connectivity index (χ4v) is 6.13. The van der Waals surface area contributed by atoms with Crippen LogP contribution < -0.4 is 0 Å². The van der Waals surface area contributed by atoms with Crippen molar-refractivity contribution in [3.8, 4) is 16.9 Å². The quantitative estimate of drug-likeness (QED) is 0.180. The van der Waals surface area contributed by atoms with Crippen LogP contribution in [0.3, 0.4) is 0 Å². The molecule has 2 aliphatic rings. The van der Waals surface area contributed by atoms with Gasteiger partial charge < -0.3 is 14.3 Å². The van der Waals surface area contributed by atoms with Crippen LogP contribution in [-0.2, 0) is 32.2 Å². The standard InChI is InChI=1S/C35H25N3O.Pt/c1-21-13-14-36-30(17-21)24-11-12-29-28-9-5-6-10-32(28)38(33(29)20-24)26-16-22(2)15-25(18-26)35-37-31-19-23-7-3-4-8-27(23)34(31)39-35;/h3-17,31,34H,19H2,1-2H3;/q-2;+2/t31-,34+;/m1./s1. The zero-order valence-corrected chi connectivity index (χ0v) is 24.4. The van der Waals surface area contributed by atoms with Gasteiger partial charge in [-0.2, -0.15) is 0 Å². The van der Waals surface area contributed by atoms with Crippen LogP contribution in [0.4, 0.5) is 0 Å². The Labute approximate surface area is 247 Å². The van der Waals surface area contributed by atoms with E-state index in [4.69, 9.17) is 9.73 Å². The molecule has 2 aromatic heterocycles. The van der Waals surface area contributed by atoms with Gasteiger partial charge in [-0.15, -0.1) is 47.5 Å². The first-order valence-electron chi connectivity index (χ1n) is 13.4. The molecule has 0 saturated carbocycles. The summed E-state index contributed by atoms with van der Waals surface area (Å²) < 4.78 is 8.74. The maximum absolute atomic E-state index is 6.48. The fourth-order valence-electron chi connectivity index (χ4n) is 6.13. The number of aliphatic imine (C=N–C) groups is 1. The van der Waals surface area contributed by atoms with E-state index in [1.54, 1.807) is 0 Å². The summed E-state index contributed by atoms with van der Waals surface area (Å²) in [6.45, 7) is 4.21. The van der Waals surface area contributed by atoms with Crippen LogP contribution in [0.1, 0.15) is 33.9 Å². The Bertz CT molecular complexity index is 1970. The van der Waals surface area contributed by atoms with Crippen molar-refractivity contribution >= 4 is 27.7 Å². The van der Waals surface area contributed by atoms with Crippen LogP contribution in [0, 0.1) is 26.0 Å². The van der Waals surface area contributed by atoms with Crippen LogP contribution in [0.5, 0.6) is 0 Å². The Morgan fingerprint density at radius 1 is 0.825 bits per heavy atom. The van der Waals surface area contributed by atoms with Crippen molar-refractivity contribution in [1.82, 2.24) is 9.55 Å². The van der Waals surface area contributed by atoms with Crippen molar-refractivity contribution in [3.63, 3.8) is 0 Å². The van der Waals surface area contributed by atoms with E-state index in [0.717, 1.165) is 50.9 Å². The Balaban J connectivity index is 0.00000264. The van der Waals surface area contributed by atoms with Crippen molar-refractivity contribution in [1.29, 1.82) is 0 Å². The summed E-state index contributed by atoms with van der Waals surface area (Å²) in [5, 5.41) is 2.34. The molecule has 1 aliphatic heterocycles. The Morgan fingerprint density at radius 3 is 2.58 bits per heavy atom. The molecule has 6 aromatic rings. The van der Waals surface area contributed by atoms with Gasteiger partial charge in [0.2, 0.25) is 0 Å². The van der Waals surface area contributed by atoms with Gasteiger partial charge in [-0.1, -0.05) is 72.0 Å². The van der Waals surface area contributed by atoms with Gasteiger partial charge in [0.05, 0.1) is 6.04 Å². The van der Waals surface area contributed by atoms with E-state index in [9.17, 15) is 0 Å². The normalized spacial score (nSPS) is 17.3. The number of hydrogen-bond donors (Lipinski definition) is 0. The third-order valence-electron chi connectivity index (χ3n) is 7.91. The molecule has 0 amide bonds.